The van der Waals surface area contributed by atoms with E-state index in [1.54, 1.807) is 16.5 Å². The van der Waals surface area contributed by atoms with Gasteiger partial charge in [-0.25, -0.2) is 4.98 Å². The summed E-state index contributed by atoms with van der Waals surface area (Å²) in [6, 6.07) is 25.6. The Kier molecular flexibility index (Phi) is 18.0. The van der Waals surface area contributed by atoms with Gasteiger partial charge in [0, 0.05) is 58.5 Å². The molecule has 331 valence electrons. The first kappa shape index (κ1) is 49.9. The van der Waals surface area contributed by atoms with E-state index in [-0.39, 0.29) is 55.2 Å². The van der Waals surface area contributed by atoms with Crippen molar-refractivity contribution in [2.24, 2.45) is 53.3 Å². The number of carbonyl (C=O) groups excluding carboxylic acids is 1. The standard InChI is InChI=1S/C36H45N2SSi.C17H32O2.Ir/c1-23(2)19-40(20-24(3)4,21-25(5)6)28-14-15-30-32(18-28)39-35-33(37-22-38-34(30)35)27-16-26-12-10-11-13-29(26)31(17-27)36(7,8)9;1-10(2)16(11(3)4)14(18)9-15(19)17(12(5)6)13(7)8;/h10-15,17-18,22-25H,19-21H2,1-9H3;9-13,16-18H,1-8H3;/q-1;;/b;14-9-;/i22D;;. The number of aliphatic hydroxyl groups is 1. The van der Waals surface area contributed by atoms with Crippen LogP contribution in [0.4, 0.5) is 0 Å². The van der Waals surface area contributed by atoms with Gasteiger partial charge in [0.25, 0.3) is 0 Å². The fourth-order valence-corrected chi connectivity index (χ4v) is 18.3. The summed E-state index contributed by atoms with van der Waals surface area (Å²) < 4.78 is 10.9. The summed E-state index contributed by atoms with van der Waals surface area (Å²) in [6.07, 6.45) is 1.55. The van der Waals surface area contributed by atoms with E-state index >= 15 is 0 Å². The van der Waals surface area contributed by atoms with Crippen LogP contribution in [0.1, 0.15) is 125 Å². The van der Waals surface area contributed by atoms with Crippen LogP contribution in [0.5, 0.6) is 0 Å². The fourth-order valence-electron chi connectivity index (χ4n) is 10.2. The summed E-state index contributed by atoms with van der Waals surface area (Å²) in [4.78, 5) is 21.8. The van der Waals surface area contributed by atoms with Crippen molar-refractivity contribution in [2.45, 2.75) is 141 Å². The molecular formula is C53H77IrN2O2SSi-. The van der Waals surface area contributed by atoms with Gasteiger partial charge in [0.1, 0.15) is 7.67 Å². The summed E-state index contributed by atoms with van der Waals surface area (Å²) in [5.41, 5.74) is 3.91. The van der Waals surface area contributed by atoms with Crippen LogP contribution in [0.25, 0.3) is 42.3 Å². The topological polar surface area (TPSA) is 63.1 Å². The monoisotopic (exact) mass is 1030 g/mol. The average Bonchev–Trinajstić information content (AvgIpc) is 3.46. The first-order valence-corrected chi connectivity index (χ1v) is 25.9. The summed E-state index contributed by atoms with van der Waals surface area (Å²) in [5.74, 6) is 3.67. The average molecular weight is 1030 g/mol. The van der Waals surface area contributed by atoms with Crippen LogP contribution in [0.15, 0.2) is 66.7 Å². The number of allylic oxidation sites excluding steroid dienone is 2. The van der Waals surface area contributed by atoms with Crippen molar-refractivity contribution in [3.8, 4) is 11.3 Å². The number of rotatable bonds is 15. The zero-order chi connectivity index (χ0) is 45.0. The summed E-state index contributed by atoms with van der Waals surface area (Å²) in [7, 11) is -1.75. The molecule has 5 rings (SSSR count). The van der Waals surface area contributed by atoms with Crippen molar-refractivity contribution in [1.29, 1.82) is 0 Å². The third-order valence-corrected chi connectivity index (χ3v) is 19.4. The van der Waals surface area contributed by atoms with E-state index in [0.717, 1.165) is 32.2 Å². The predicted octanol–water partition coefficient (Wildman–Crippen LogP) is 15.2. The molecule has 0 fully saturated rings. The molecule has 0 saturated carbocycles. The van der Waals surface area contributed by atoms with Gasteiger partial charge in [-0.1, -0.05) is 182 Å². The molecule has 0 aliphatic carbocycles. The van der Waals surface area contributed by atoms with Crippen molar-refractivity contribution in [2.75, 3.05) is 0 Å². The van der Waals surface area contributed by atoms with Gasteiger partial charge in [-0.2, -0.15) is 0 Å². The molecule has 0 spiro atoms. The first-order chi connectivity index (χ1) is 27.9. The molecule has 2 aromatic heterocycles. The number of aliphatic hydroxyl groups excluding tert-OH is 1. The van der Waals surface area contributed by atoms with Gasteiger partial charge in [0.05, 0.1) is 19.3 Å². The maximum Gasteiger partial charge on any atom is 0.162 e. The number of hydrogen-bond acceptors (Lipinski definition) is 5. The second-order valence-corrected chi connectivity index (χ2v) is 26.5. The molecule has 0 saturated heterocycles. The molecule has 1 N–H and O–H groups in total. The van der Waals surface area contributed by atoms with Crippen LogP contribution in [0.3, 0.4) is 0 Å². The molecule has 0 bridgehead atoms. The van der Waals surface area contributed by atoms with Gasteiger partial charge in [0.2, 0.25) is 0 Å². The second kappa shape index (κ2) is 21.6. The number of benzene rings is 3. The molecule has 1 radical (unpaired) electrons. The Bertz CT molecular complexity index is 2220. The zero-order valence-corrected chi connectivity index (χ0v) is 44.2. The van der Waals surface area contributed by atoms with E-state index in [9.17, 15) is 9.90 Å². The number of aromatic nitrogens is 2. The number of ketones is 1. The fraction of sp³-hybridized carbons (Fsp3) is 0.566. The Morgan fingerprint density at radius 1 is 0.767 bits per heavy atom. The number of carbonyl (C=O) groups is 1. The van der Waals surface area contributed by atoms with Gasteiger partial charge >= 0.3 is 0 Å². The molecule has 0 unspecified atom stereocenters. The summed E-state index contributed by atoms with van der Waals surface area (Å²) >= 11 is 1.79. The van der Waals surface area contributed by atoms with E-state index in [1.165, 1.54) is 39.9 Å². The molecule has 60 heavy (non-hydrogen) atoms. The third-order valence-electron chi connectivity index (χ3n) is 11.9. The van der Waals surface area contributed by atoms with E-state index in [4.69, 9.17) is 6.35 Å². The van der Waals surface area contributed by atoms with Crippen LogP contribution in [-0.4, -0.2) is 28.9 Å². The molecule has 0 amide bonds. The van der Waals surface area contributed by atoms with Gasteiger partial charge in [0.15, 0.2) is 5.78 Å². The minimum atomic E-state index is -1.75. The van der Waals surface area contributed by atoms with Crippen LogP contribution in [-0.2, 0) is 30.3 Å². The van der Waals surface area contributed by atoms with Gasteiger partial charge in [-0.3, -0.25) is 9.78 Å². The van der Waals surface area contributed by atoms with Gasteiger partial charge < -0.3 is 5.11 Å². The molecular weight excluding hydrogens is 949 g/mol. The van der Waals surface area contributed by atoms with Crippen molar-refractivity contribution >= 4 is 61.5 Å². The zero-order valence-electron chi connectivity index (χ0n) is 41.0. The van der Waals surface area contributed by atoms with Crippen LogP contribution >= 0.6 is 11.3 Å². The summed E-state index contributed by atoms with van der Waals surface area (Å²) in [6.45, 7) is 37.7. The Morgan fingerprint density at radius 3 is 1.80 bits per heavy atom. The van der Waals surface area contributed by atoms with Crippen molar-refractivity contribution < 1.29 is 31.4 Å². The molecule has 0 aliphatic heterocycles. The Morgan fingerprint density at radius 2 is 1.30 bits per heavy atom. The van der Waals surface area contributed by atoms with Gasteiger partial charge in [-0.05, 0) is 52.9 Å². The van der Waals surface area contributed by atoms with Crippen LogP contribution < -0.4 is 5.19 Å². The maximum atomic E-state index is 12.3. The van der Waals surface area contributed by atoms with Crippen molar-refractivity contribution in [1.82, 2.24) is 9.97 Å². The number of thiophene rings is 1. The minimum Gasteiger partial charge on any atom is -0.512 e. The molecule has 7 heteroatoms. The quantitative estimate of drug-likeness (QED) is 0.0491. The number of hydrogen-bond donors (Lipinski definition) is 1. The number of nitrogens with zero attached hydrogens (tertiary/aromatic N) is 2. The Balaban J connectivity index is 0.000000422. The van der Waals surface area contributed by atoms with Crippen molar-refractivity contribution in [3.63, 3.8) is 0 Å². The number of fused-ring (bicyclic) bond motifs is 4. The summed E-state index contributed by atoms with van der Waals surface area (Å²) in [5, 5.41) is 15.3. The second-order valence-electron chi connectivity index (χ2n) is 21.1. The van der Waals surface area contributed by atoms with E-state index < -0.39 is 8.07 Å². The SMILES string of the molecule is CC(C)C(C(=O)/C=C(\O)C(C(C)C)C(C)C)C(C)C.[2H]c1nc(-c2[c-]c3ccccc3c(C(C)(C)C)c2)c2sc3cc([Si](CC(C)C)(CC(C)C)CC(C)C)ccc3c2n1.[Ir]. The van der Waals surface area contributed by atoms with E-state index in [0.29, 0.717) is 41.4 Å². The van der Waals surface area contributed by atoms with E-state index in [2.05, 4.69) is 177 Å². The third kappa shape index (κ3) is 12.5. The molecule has 0 atom stereocenters. The molecule has 0 aliphatic rings. The molecule has 3 aromatic carbocycles. The Hall–Kier alpha value is -2.70. The van der Waals surface area contributed by atoms with Crippen LogP contribution in [0.2, 0.25) is 18.1 Å². The van der Waals surface area contributed by atoms with Gasteiger partial charge in [-0.15, -0.1) is 40.5 Å². The molecule has 4 nitrogen and oxygen atoms in total. The maximum absolute atomic E-state index is 12.3. The Labute approximate surface area is 384 Å². The normalized spacial score (nSPS) is 13.3. The largest absolute Gasteiger partial charge is 0.512 e. The smallest absolute Gasteiger partial charge is 0.162 e. The van der Waals surface area contributed by atoms with E-state index in [1.807, 2.05) is 0 Å². The predicted molar refractivity (Wildman–Crippen MR) is 262 cm³/mol. The minimum absolute atomic E-state index is 0. The van der Waals surface area contributed by atoms with Crippen LogP contribution in [0, 0.1) is 59.3 Å². The first-order valence-electron chi connectivity index (χ1n) is 23.0. The molecule has 5 aromatic rings. The van der Waals surface area contributed by atoms with Crippen molar-refractivity contribution in [3.05, 3.63) is 78.3 Å². The molecule has 2 heterocycles.